The lowest BCUT2D eigenvalue weighted by Gasteiger charge is -2.39. The Morgan fingerprint density at radius 2 is 2.00 bits per heavy atom. The van der Waals surface area contributed by atoms with Crippen LogP contribution in [0.25, 0.3) is 0 Å². The fraction of sp³-hybridized carbons (Fsp3) is 0.364. The van der Waals surface area contributed by atoms with Gasteiger partial charge in [0, 0.05) is 13.1 Å². The molecule has 1 fully saturated rings. The lowest BCUT2D eigenvalue weighted by Crippen LogP contribution is -2.61. The van der Waals surface area contributed by atoms with Crippen LogP contribution in [-0.4, -0.2) is 31.3 Å². The van der Waals surface area contributed by atoms with Gasteiger partial charge in [-0.2, -0.15) is 0 Å². The first-order valence-corrected chi connectivity index (χ1v) is 4.78. The second kappa shape index (κ2) is 3.55. The van der Waals surface area contributed by atoms with Crippen LogP contribution in [0, 0.1) is 0 Å². The van der Waals surface area contributed by atoms with E-state index in [1.165, 1.54) is 0 Å². The van der Waals surface area contributed by atoms with Gasteiger partial charge in [0.25, 0.3) is 0 Å². The van der Waals surface area contributed by atoms with Crippen molar-refractivity contribution in [2.75, 3.05) is 20.2 Å². The Kier molecular flexibility index (Phi) is 2.36. The van der Waals surface area contributed by atoms with Gasteiger partial charge in [-0.15, -0.1) is 0 Å². The van der Waals surface area contributed by atoms with Crippen LogP contribution in [-0.2, 0) is 10.2 Å². The Hall–Kier alpha value is -1.55. The Morgan fingerprint density at radius 3 is 2.33 bits per heavy atom. The van der Waals surface area contributed by atoms with Gasteiger partial charge in [-0.1, -0.05) is 12.1 Å². The van der Waals surface area contributed by atoms with Crippen molar-refractivity contribution in [3.05, 3.63) is 29.8 Å². The maximum Gasteiger partial charge on any atom is 0.316 e. The van der Waals surface area contributed by atoms with Crippen LogP contribution in [0.3, 0.4) is 0 Å². The zero-order chi connectivity index (χ0) is 10.9. The van der Waals surface area contributed by atoms with E-state index in [2.05, 4.69) is 5.32 Å². The summed E-state index contributed by atoms with van der Waals surface area (Å²) in [7, 11) is 1.59. The summed E-state index contributed by atoms with van der Waals surface area (Å²) in [6.07, 6.45) is 0. The molecule has 0 unspecified atom stereocenters. The maximum absolute atomic E-state index is 11.2. The lowest BCUT2D eigenvalue weighted by atomic mass is 9.75. The number of nitrogens with one attached hydrogen (secondary N) is 1. The van der Waals surface area contributed by atoms with E-state index in [-0.39, 0.29) is 0 Å². The van der Waals surface area contributed by atoms with E-state index in [1.54, 1.807) is 19.2 Å². The van der Waals surface area contributed by atoms with E-state index < -0.39 is 11.4 Å². The van der Waals surface area contributed by atoms with Crippen LogP contribution in [0.4, 0.5) is 0 Å². The number of carboxylic acids is 1. The van der Waals surface area contributed by atoms with Crippen LogP contribution in [0.1, 0.15) is 5.56 Å². The summed E-state index contributed by atoms with van der Waals surface area (Å²) in [5.41, 5.74) is 0.0845. The predicted octanol–water partition coefficient (Wildman–Crippen LogP) is 0.621. The molecule has 1 aromatic carbocycles. The lowest BCUT2D eigenvalue weighted by molar-refractivity contribution is -0.146. The number of carbonyl (C=O) groups is 1. The molecule has 0 radical (unpaired) electrons. The molecule has 0 amide bonds. The van der Waals surface area contributed by atoms with Crippen LogP contribution in [0.5, 0.6) is 5.75 Å². The fourth-order valence-electron chi connectivity index (χ4n) is 1.76. The summed E-state index contributed by atoms with van der Waals surface area (Å²) in [5.74, 6) is -0.0296. The Morgan fingerprint density at radius 1 is 1.40 bits per heavy atom. The summed E-state index contributed by atoms with van der Waals surface area (Å²) >= 11 is 0. The third-order valence-corrected chi connectivity index (χ3v) is 2.91. The van der Waals surface area contributed by atoms with Gasteiger partial charge in [0.15, 0.2) is 0 Å². The topological polar surface area (TPSA) is 58.6 Å². The van der Waals surface area contributed by atoms with E-state index in [9.17, 15) is 9.90 Å². The van der Waals surface area contributed by atoms with E-state index >= 15 is 0 Å². The first-order valence-electron chi connectivity index (χ1n) is 4.78. The minimum atomic E-state index is -0.772. The van der Waals surface area contributed by atoms with Crippen molar-refractivity contribution in [3.63, 3.8) is 0 Å². The largest absolute Gasteiger partial charge is 0.497 e. The third-order valence-electron chi connectivity index (χ3n) is 2.91. The standard InChI is InChI=1S/C11H13NO3/c1-15-9-4-2-8(3-5-9)11(10(13)14)6-12-7-11/h2-5,12H,6-7H2,1H3,(H,13,14). The van der Waals surface area contributed by atoms with Crippen molar-refractivity contribution >= 4 is 5.97 Å². The van der Waals surface area contributed by atoms with Crippen molar-refractivity contribution in [2.24, 2.45) is 0 Å². The number of methoxy groups -OCH3 is 1. The highest BCUT2D eigenvalue weighted by Gasteiger charge is 2.46. The molecule has 1 aromatic rings. The normalized spacial score (nSPS) is 17.9. The van der Waals surface area contributed by atoms with Crippen LogP contribution in [0.2, 0.25) is 0 Å². The van der Waals surface area contributed by atoms with Crippen LogP contribution >= 0.6 is 0 Å². The molecule has 1 heterocycles. The maximum atomic E-state index is 11.2. The average molecular weight is 207 g/mol. The Balaban J connectivity index is 2.31. The molecule has 0 aromatic heterocycles. The molecule has 1 aliphatic heterocycles. The van der Waals surface area contributed by atoms with Crippen LogP contribution < -0.4 is 10.1 Å². The Labute approximate surface area is 87.9 Å². The first-order chi connectivity index (χ1) is 7.19. The number of carboxylic acid groups (broad SMARTS) is 1. The molecule has 0 aliphatic carbocycles. The molecule has 1 saturated heterocycles. The van der Waals surface area contributed by atoms with Gasteiger partial charge < -0.3 is 15.2 Å². The Bertz CT molecular complexity index is 368. The minimum Gasteiger partial charge on any atom is -0.497 e. The van der Waals surface area contributed by atoms with Crippen molar-refractivity contribution < 1.29 is 14.6 Å². The second-order valence-corrected chi connectivity index (χ2v) is 3.72. The van der Waals surface area contributed by atoms with Gasteiger partial charge in [0.05, 0.1) is 7.11 Å². The molecule has 4 nitrogen and oxygen atoms in total. The summed E-state index contributed by atoms with van der Waals surface area (Å²) in [6.45, 7) is 0.989. The first kappa shape index (κ1) is 9.98. The minimum absolute atomic E-state index is 0.495. The van der Waals surface area contributed by atoms with E-state index in [4.69, 9.17) is 4.74 Å². The van der Waals surface area contributed by atoms with Gasteiger partial charge in [-0.3, -0.25) is 4.79 Å². The molecule has 0 saturated carbocycles. The van der Waals surface area contributed by atoms with Crippen molar-refractivity contribution in [3.8, 4) is 5.75 Å². The number of hydrogen-bond donors (Lipinski definition) is 2. The van der Waals surface area contributed by atoms with E-state index in [1.807, 2.05) is 12.1 Å². The van der Waals surface area contributed by atoms with Gasteiger partial charge >= 0.3 is 5.97 Å². The summed E-state index contributed by atoms with van der Waals surface area (Å²) in [4.78, 5) is 11.2. The highest BCUT2D eigenvalue weighted by Crippen LogP contribution is 2.30. The highest BCUT2D eigenvalue weighted by molar-refractivity contribution is 5.83. The van der Waals surface area contributed by atoms with Gasteiger partial charge in [-0.25, -0.2) is 0 Å². The van der Waals surface area contributed by atoms with Crippen molar-refractivity contribution in [2.45, 2.75) is 5.41 Å². The molecule has 0 atom stereocenters. The summed E-state index contributed by atoms with van der Waals surface area (Å²) < 4.78 is 5.03. The van der Waals surface area contributed by atoms with Gasteiger partial charge in [0.2, 0.25) is 0 Å². The molecule has 0 bridgehead atoms. The summed E-state index contributed by atoms with van der Waals surface area (Å²) in [6, 6.07) is 7.21. The van der Waals surface area contributed by atoms with Crippen molar-refractivity contribution in [1.82, 2.24) is 5.32 Å². The third kappa shape index (κ3) is 1.47. The molecule has 0 spiro atoms. The van der Waals surface area contributed by atoms with Gasteiger partial charge in [-0.05, 0) is 17.7 Å². The molecule has 15 heavy (non-hydrogen) atoms. The molecular formula is C11H13NO3. The molecule has 4 heteroatoms. The molecule has 2 N–H and O–H groups in total. The van der Waals surface area contributed by atoms with Crippen molar-refractivity contribution in [1.29, 1.82) is 0 Å². The van der Waals surface area contributed by atoms with E-state index in [0.29, 0.717) is 13.1 Å². The number of hydrogen-bond acceptors (Lipinski definition) is 3. The van der Waals surface area contributed by atoms with E-state index in [0.717, 1.165) is 11.3 Å². The number of benzene rings is 1. The SMILES string of the molecule is COc1ccc(C2(C(=O)O)CNC2)cc1. The zero-order valence-corrected chi connectivity index (χ0v) is 8.49. The molecular weight excluding hydrogens is 194 g/mol. The number of rotatable bonds is 3. The summed E-state index contributed by atoms with van der Waals surface area (Å²) in [5, 5.41) is 12.2. The van der Waals surface area contributed by atoms with Gasteiger partial charge in [0.1, 0.15) is 11.2 Å². The molecule has 2 rings (SSSR count). The smallest absolute Gasteiger partial charge is 0.316 e. The number of aliphatic carboxylic acids is 1. The second-order valence-electron chi connectivity index (χ2n) is 3.72. The molecule has 1 aliphatic rings. The average Bonchev–Trinajstić information content (AvgIpc) is 2.16. The zero-order valence-electron chi connectivity index (χ0n) is 8.49. The fourth-order valence-corrected chi connectivity index (χ4v) is 1.76. The predicted molar refractivity (Wildman–Crippen MR) is 55.2 cm³/mol. The van der Waals surface area contributed by atoms with Crippen LogP contribution in [0.15, 0.2) is 24.3 Å². The molecule has 80 valence electrons. The highest BCUT2D eigenvalue weighted by atomic mass is 16.5. The monoisotopic (exact) mass is 207 g/mol. The quantitative estimate of drug-likeness (QED) is 0.763. The number of ether oxygens (including phenoxy) is 1.